The Morgan fingerprint density at radius 2 is 1.76 bits per heavy atom. The van der Waals surface area contributed by atoms with E-state index in [1.54, 1.807) is 17.6 Å². The number of alkyl halides is 3. The number of ether oxygens (including phenoxy) is 1. The minimum absolute atomic E-state index is 0.230. The van der Waals surface area contributed by atoms with Gasteiger partial charge in [0.05, 0.1) is 6.61 Å². The third kappa shape index (κ3) is 4.80. The van der Waals surface area contributed by atoms with Gasteiger partial charge in [0.25, 0.3) is 0 Å². The summed E-state index contributed by atoms with van der Waals surface area (Å²) >= 11 is 0. The summed E-state index contributed by atoms with van der Waals surface area (Å²) < 4.78 is 71.7. The van der Waals surface area contributed by atoms with E-state index in [9.17, 15) is 31.5 Å². The largest absolute Gasteiger partial charge is 0.463 e. The predicted octanol–water partition coefficient (Wildman–Crippen LogP) is 3.11. The zero-order chi connectivity index (χ0) is 19.3. The van der Waals surface area contributed by atoms with Crippen molar-refractivity contribution < 1.29 is 36.3 Å². The number of rotatable bonds is 7. The van der Waals surface area contributed by atoms with Crippen LogP contribution in [-0.2, 0) is 14.3 Å². The van der Waals surface area contributed by atoms with Crippen molar-refractivity contribution in [3.8, 4) is 0 Å². The van der Waals surface area contributed by atoms with Crippen LogP contribution in [0, 0.1) is 11.6 Å². The maximum atomic E-state index is 13.7. The first-order valence-corrected chi connectivity index (χ1v) is 7.35. The second kappa shape index (κ2) is 8.13. The van der Waals surface area contributed by atoms with Gasteiger partial charge >= 0.3 is 17.8 Å². The maximum Gasteiger partial charge on any atom is 0.441 e. The maximum absolute atomic E-state index is 13.7. The van der Waals surface area contributed by atoms with E-state index in [1.165, 1.54) is 6.92 Å². The number of hydrogen-bond donors (Lipinski definition) is 2. The Kier molecular flexibility index (Phi) is 6.71. The predicted molar refractivity (Wildman–Crippen MR) is 78.5 cm³/mol. The van der Waals surface area contributed by atoms with E-state index in [0.717, 1.165) is 6.07 Å². The zero-order valence-electron chi connectivity index (χ0n) is 13.5. The summed E-state index contributed by atoms with van der Waals surface area (Å²) in [5.41, 5.74) is -4.21. The van der Waals surface area contributed by atoms with Crippen molar-refractivity contribution in [3.05, 3.63) is 29.8 Å². The van der Waals surface area contributed by atoms with Gasteiger partial charge in [-0.3, -0.25) is 4.79 Å². The lowest BCUT2D eigenvalue weighted by molar-refractivity contribution is -0.207. The van der Waals surface area contributed by atoms with E-state index >= 15 is 0 Å². The Morgan fingerprint density at radius 3 is 2.24 bits per heavy atom. The molecule has 140 valence electrons. The van der Waals surface area contributed by atoms with Crippen molar-refractivity contribution in [2.75, 3.05) is 11.9 Å². The molecule has 0 spiro atoms. The lowest BCUT2D eigenvalue weighted by atomic mass is 10.1. The molecule has 2 N–H and O–H groups in total. The molecular weight excluding hydrogens is 351 g/mol. The molecule has 0 saturated carbocycles. The first-order chi connectivity index (χ1) is 11.6. The topological polar surface area (TPSA) is 67.4 Å². The molecule has 1 amide bonds. The van der Waals surface area contributed by atoms with Crippen molar-refractivity contribution in [2.45, 2.75) is 38.5 Å². The van der Waals surface area contributed by atoms with Crippen molar-refractivity contribution in [1.29, 1.82) is 0 Å². The second-order valence-corrected chi connectivity index (χ2v) is 5.02. The van der Waals surface area contributed by atoms with Gasteiger partial charge in [-0.2, -0.15) is 13.2 Å². The molecule has 0 saturated heterocycles. The van der Waals surface area contributed by atoms with Gasteiger partial charge < -0.3 is 15.4 Å². The Bertz CT molecular complexity index is 636. The zero-order valence-corrected chi connectivity index (χ0v) is 13.5. The minimum atomic E-state index is -5.33. The summed E-state index contributed by atoms with van der Waals surface area (Å²) in [6, 6.07) is 1.81. The van der Waals surface area contributed by atoms with Gasteiger partial charge in [0.15, 0.2) is 11.6 Å². The van der Waals surface area contributed by atoms with Crippen molar-refractivity contribution in [2.24, 2.45) is 0 Å². The van der Waals surface area contributed by atoms with Gasteiger partial charge in [-0.05, 0) is 25.5 Å². The Balaban J connectivity index is 3.37. The van der Waals surface area contributed by atoms with E-state index in [1.807, 2.05) is 0 Å². The summed E-state index contributed by atoms with van der Waals surface area (Å²) in [5, 5.41) is 3.31. The van der Waals surface area contributed by atoms with Gasteiger partial charge in [0.1, 0.15) is 0 Å². The lowest BCUT2D eigenvalue weighted by Gasteiger charge is -2.35. The fraction of sp³-hybridized carbons (Fsp3) is 0.467. The molecule has 0 bridgehead atoms. The molecule has 1 rings (SSSR count). The molecule has 0 heterocycles. The van der Waals surface area contributed by atoms with Crippen LogP contribution < -0.4 is 10.6 Å². The van der Waals surface area contributed by atoms with Crippen LogP contribution in [0.1, 0.15) is 26.7 Å². The van der Waals surface area contributed by atoms with E-state index in [0.29, 0.717) is 12.1 Å². The van der Waals surface area contributed by atoms with Crippen molar-refractivity contribution in [3.63, 3.8) is 0 Å². The lowest BCUT2D eigenvalue weighted by Crippen LogP contribution is -2.69. The molecule has 0 aliphatic carbocycles. The highest BCUT2D eigenvalue weighted by Crippen LogP contribution is 2.33. The standard InChI is InChI=1S/C15H17F5N2O3/c1-3-5-12(23)22-14(15(18,19)20,13(24)25-4-2)21-9-6-7-10(16)11(17)8-9/h6-8,21H,3-5H2,1-2H3,(H,22,23). The number of carbonyl (C=O) groups excluding carboxylic acids is 2. The second-order valence-electron chi connectivity index (χ2n) is 5.02. The van der Waals surface area contributed by atoms with Gasteiger partial charge in [-0.15, -0.1) is 0 Å². The fourth-order valence-electron chi connectivity index (χ4n) is 1.92. The van der Waals surface area contributed by atoms with Crippen LogP contribution in [0.3, 0.4) is 0 Å². The van der Waals surface area contributed by atoms with E-state index in [2.05, 4.69) is 4.74 Å². The highest BCUT2D eigenvalue weighted by atomic mass is 19.4. The van der Waals surface area contributed by atoms with E-state index in [-0.39, 0.29) is 19.4 Å². The average molecular weight is 368 g/mol. The molecule has 0 aliphatic rings. The summed E-state index contributed by atoms with van der Waals surface area (Å²) in [4.78, 5) is 23.8. The summed E-state index contributed by atoms with van der Waals surface area (Å²) in [6.45, 7) is 2.45. The van der Waals surface area contributed by atoms with Crippen molar-refractivity contribution in [1.82, 2.24) is 5.32 Å². The normalized spacial score (nSPS) is 13.7. The van der Waals surface area contributed by atoms with Crippen molar-refractivity contribution >= 4 is 17.6 Å². The Morgan fingerprint density at radius 1 is 1.12 bits per heavy atom. The van der Waals surface area contributed by atoms with Crippen LogP contribution in [0.5, 0.6) is 0 Å². The highest BCUT2D eigenvalue weighted by Gasteiger charge is 2.63. The van der Waals surface area contributed by atoms with E-state index < -0.39 is 41.0 Å². The number of nitrogens with one attached hydrogen (secondary N) is 2. The number of hydrogen-bond acceptors (Lipinski definition) is 4. The van der Waals surface area contributed by atoms with Gasteiger partial charge in [-0.1, -0.05) is 6.92 Å². The third-order valence-electron chi connectivity index (χ3n) is 3.06. The van der Waals surface area contributed by atoms with Crippen LogP contribution in [-0.4, -0.2) is 30.3 Å². The first-order valence-electron chi connectivity index (χ1n) is 7.35. The van der Waals surface area contributed by atoms with Crippen LogP contribution in [0.25, 0.3) is 0 Å². The first kappa shape index (κ1) is 20.7. The van der Waals surface area contributed by atoms with Gasteiger partial charge in [0.2, 0.25) is 5.91 Å². The number of benzene rings is 1. The molecule has 25 heavy (non-hydrogen) atoms. The van der Waals surface area contributed by atoms with Crippen LogP contribution in [0.15, 0.2) is 18.2 Å². The molecule has 10 heteroatoms. The molecule has 0 fully saturated rings. The SMILES string of the molecule is CCCC(=O)NC(Nc1ccc(F)c(F)c1)(C(=O)OCC)C(F)(F)F. The molecule has 1 aromatic rings. The number of carbonyl (C=O) groups is 2. The van der Waals surface area contributed by atoms with Gasteiger partial charge in [-0.25, -0.2) is 13.6 Å². The third-order valence-corrected chi connectivity index (χ3v) is 3.06. The number of anilines is 1. The Labute approximate surface area is 140 Å². The Hall–Kier alpha value is -2.39. The summed E-state index contributed by atoms with van der Waals surface area (Å²) in [6.07, 6.45) is -5.38. The molecule has 1 aromatic carbocycles. The number of halogens is 5. The molecular formula is C15H17F5N2O3. The van der Waals surface area contributed by atoms with Gasteiger partial charge in [0, 0.05) is 18.2 Å². The molecule has 0 aliphatic heterocycles. The smallest absolute Gasteiger partial charge is 0.441 e. The van der Waals surface area contributed by atoms with Crippen LogP contribution in [0.4, 0.5) is 27.6 Å². The summed E-state index contributed by atoms with van der Waals surface area (Å²) in [7, 11) is 0. The number of esters is 1. The van der Waals surface area contributed by atoms with Crippen LogP contribution in [0.2, 0.25) is 0 Å². The highest BCUT2D eigenvalue weighted by molar-refractivity contribution is 5.91. The minimum Gasteiger partial charge on any atom is -0.463 e. The molecule has 1 unspecified atom stereocenters. The molecule has 0 aromatic heterocycles. The average Bonchev–Trinajstić information content (AvgIpc) is 2.49. The van der Waals surface area contributed by atoms with Crippen LogP contribution >= 0.6 is 0 Å². The summed E-state index contributed by atoms with van der Waals surface area (Å²) in [5.74, 6) is -5.60. The fourth-order valence-corrected chi connectivity index (χ4v) is 1.92. The van der Waals surface area contributed by atoms with E-state index in [4.69, 9.17) is 0 Å². The number of amides is 1. The molecule has 0 radical (unpaired) electrons. The quantitative estimate of drug-likeness (QED) is 0.441. The molecule has 5 nitrogen and oxygen atoms in total. The molecule has 1 atom stereocenters. The monoisotopic (exact) mass is 368 g/mol.